The lowest BCUT2D eigenvalue weighted by molar-refractivity contribution is -0.115. The minimum atomic E-state index is -3.65. The number of amides is 1. The number of nitrogens with zero attached hydrogens (tertiary/aromatic N) is 2. The van der Waals surface area contributed by atoms with E-state index in [0.29, 0.717) is 30.1 Å². The SMILES string of the molecule is CCN(CC)S(=O)(=O)c1ccc(N2CCCC2)c(NC(=O)Cc2coc3cc(OC)ccc23)c1. The molecule has 0 radical (unpaired) electrons. The molecule has 4 rings (SSSR count). The molecule has 2 aromatic carbocycles. The van der Waals surface area contributed by atoms with Crippen molar-refractivity contribution in [3.8, 4) is 5.75 Å². The zero-order valence-corrected chi connectivity index (χ0v) is 20.7. The maximum Gasteiger partial charge on any atom is 0.243 e. The standard InChI is InChI=1S/C25H31N3O5S/c1-4-28(5-2)34(30,31)20-9-11-23(27-12-6-7-13-27)22(16-20)26-25(29)14-18-17-33-24-15-19(32-3)8-10-21(18)24/h8-11,15-17H,4-7,12-14H2,1-3H3,(H,26,29). The molecule has 8 nitrogen and oxygen atoms in total. The fourth-order valence-electron chi connectivity index (χ4n) is 4.42. The summed E-state index contributed by atoms with van der Waals surface area (Å²) >= 11 is 0. The number of methoxy groups -OCH3 is 1. The normalized spacial score (nSPS) is 14.2. The van der Waals surface area contributed by atoms with Crippen LogP contribution < -0.4 is 15.0 Å². The van der Waals surface area contributed by atoms with Crippen molar-refractivity contribution in [3.05, 3.63) is 48.2 Å². The van der Waals surface area contributed by atoms with E-state index in [0.717, 1.165) is 42.6 Å². The molecule has 0 unspecified atom stereocenters. The summed E-state index contributed by atoms with van der Waals surface area (Å²) < 4.78 is 38.4. The van der Waals surface area contributed by atoms with Crippen LogP contribution in [0.5, 0.6) is 5.75 Å². The fourth-order valence-corrected chi connectivity index (χ4v) is 5.90. The predicted octanol–water partition coefficient (Wildman–Crippen LogP) is 4.25. The van der Waals surface area contributed by atoms with Gasteiger partial charge in [0, 0.05) is 43.2 Å². The molecule has 1 aliphatic rings. The molecule has 1 N–H and O–H groups in total. The Balaban J connectivity index is 1.63. The van der Waals surface area contributed by atoms with Gasteiger partial charge in [0.15, 0.2) is 0 Å². The zero-order chi connectivity index (χ0) is 24.3. The molecule has 1 aromatic heterocycles. The van der Waals surface area contributed by atoms with Crippen LogP contribution in [0.4, 0.5) is 11.4 Å². The van der Waals surface area contributed by atoms with Gasteiger partial charge in [-0.25, -0.2) is 8.42 Å². The molecule has 1 aliphatic heterocycles. The Morgan fingerprint density at radius 2 is 1.85 bits per heavy atom. The Hall–Kier alpha value is -3.04. The van der Waals surface area contributed by atoms with Crippen LogP contribution in [0.15, 0.2) is 52.0 Å². The Labute approximate surface area is 200 Å². The van der Waals surface area contributed by atoms with Gasteiger partial charge >= 0.3 is 0 Å². The third-order valence-electron chi connectivity index (χ3n) is 6.25. The van der Waals surface area contributed by atoms with Crippen molar-refractivity contribution in [2.45, 2.75) is 38.0 Å². The number of carbonyl (C=O) groups is 1. The third kappa shape index (κ3) is 4.76. The second-order valence-corrected chi connectivity index (χ2v) is 10.2. The summed E-state index contributed by atoms with van der Waals surface area (Å²) in [5, 5.41) is 3.81. The van der Waals surface area contributed by atoms with Crippen molar-refractivity contribution in [2.24, 2.45) is 0 Å². The molecule has 1 amide bonds. The van der Waals surface area contributed by atoms with Crippen LogP contribution in [0.2, 0.25) is 0 Å². The number of hydrogen-bond acceptors (Lipinski definition) is 6. The number of carbonyl (C=O) groups excluding carboxylic acids is 1. The first-order valence-electron chi connectivity index (χ1n) is 11.6. The summed E-state index contributed by atoms with van der Waals surface area (Å²) in [6, 6.07) is 10.5. The summed E-state index contributed by atoms with van der Waals surface area (Å²) in [4.78, 5) is 15.4. The van der Waals surface area contributed by atoms with E-state index in [9.17, 15) is 13.2 Å². The number of ether oxygens (including phenoxy) is 1. The molecular weight excluding hydrogens is 454 g/mol. The van der Waals surface area contributed by atoms with Gasteiger partial charge in [0.2, 0.25) is 15.9 Å². The highest BCUT2D eigenvalue weighted by molar-refractivity contribution is 7.89. The van der Waals surface area contributed by atoms with Crippen molar-refractivity contribution >= 4 is 38.3 Å². The van der Waals surface area contributed by atoms with E-state index in [-0.39, 0.29) is 17.2 Å². The molecule has 0 saturated carbocycles. The lowest BCUT2D eigenvalue weighted by Gasteiger charge is -2.24. The van der Waals surface area contributed by atoms with Crippen LogP contribution in [0.3, 0.4) is 0 Å². The Morgan fingerprint density at radius 3 is 2.53 bits per heavy atom. The predicted molar refractivity (Wildman–Crippen MR) is 133 cm³/mol. The Morgan fingerprint density at radius 1 is 1.12 bits per heavy atom. The van der Waals surface area contributed by atoms with Crippen LogP contribution in [-0.2, 0) is 21.2 Å². The van der Waals surface area contributed by atoms with Crippen molar-refractivity contribution in [2.75, 3.05) is 43.5 Å². The van der Waals surface area contributed by atoms with E-state index in [4.69, 9.17) is 9.15 Å². The molecule has 182 valence electrons. The number of benzene rings is 2. The summed E-state index contributed by atoms with van der Waals surface area (Å²) in [6.07, 6.45) is 3.81. The van der Waals surface area contributed by atoms with E-state index >= 15 is 0 Å². The van der Waals surface area contributed by atoms with E-state index in [1.54, 1.807) is 37.6 Å². The van der Waals surface area contributed by atoms with Gasteiger partial charge in [-0.1, -0.05) is 13.8 Å². The largest absolute Gasteiger partial charge is 0.497 e. The second kappa shape index (κ2) is 10.1. The van der Waals surface area contributed by atoms with Gasteiger partial charge in [0.25, 0.3) is 0 Å². The smallest absolute Gasteiger partial charge is 0.243 e. The molecule has 34 heavy (non-hydrogen) atoms. The minimum absolute atomic E-state index is 0.103. The van der Waals surface area contributed by atoms with Gasteiger partial charge in [-0.05, 0) is 43.2 Å². The van der Waals surface area contributed by atoms with E-state index in [1.165, 1.54) is 4.31 Å². The van der Waals surface area contributed by atoms with Gasteiger partial charge in [-0.2, -0.15) is 4.31 Å². The molecule has 1 saturated heterocycles. The van der Waals surface area contributed by atoms with Gasteiger partial charge in [0.1, 0.15) is 11.3 Å². The lowest BCUT2D eigenvalue weighted by Crippen LogP contribution is -2.31. The summed E-state index contributed by atoms with van der Waals surface area (Å²) in [5.74, 6) is 0.440. The molecule has 0 atom stereocenters. The second-order valence-electron chi connectivity index (χ2n) is 8.31. The van der Waals surface area contributed by atoms with Crippen molar-refractivity contribution in [3.63, 3.8) is 0 Å². The van der Waals surface area contributed by atoms with Crippen LogP contribution in [0.25, 0.3) is 11.0 Å². The number of fused-ring (bicyclic) bond motifs is 1. The van der Waals surface area contributed by atoms with E-state index in [1.807, 2.05) is 26.0 Å². The van der Waals surface area contributed by atoms with Crippen molar-refractivity contribution < 1.29 is 22.4 Å². The quantitative estimate of drug-likeness (QED) is 0.487. The van der Waals surface area contributed by atoms with Gasteiger partial charge in [-0.15, -0.1) is 0 Å². The molecule has 0 spiro atoms. The number of furan rings is 1. The van der Waals surface area contributed by atoms with Gasteiger partial charge in [-0.3, -0.25) is 4.79 Å². The van der Waals surface area contributed by atoms with E-state index < -0.39 is 10.0 Å². The highest BCUT2D eigenvalue weighted by atomic mass is 32.2. The fraction of sp³-hybridized carbons (Fsp3) is 0.400. The van der Waals surface area contributed by atoms with Crippen LogP contribution in [0, 0.1) is 0 Å². The molecule has 0 aliphatic carbocycles. The number of hydrogen-bond donors (Lipinski definition) is 1. The Kier molecular flexibility index (Phi) is 7.13. The van der Waals surface area contributed by atoms with Gasteiger partial charge < -0.3 is 19.4 Å². The number of nitrogens with one attached hydrogen (secondary N) is 1. The molecular formula is C25H31N3O5S. The average molecular weight is 486 g/mol. The number of sulfonamides is 1. The first-order valence-corrected chi connectivity index (χ1v) is 13.0. The zero-order valence-electron chi connectivity index (χ0n) is 19.8. The van der Waals surface area contributed by atoms with Crippen LogP contribution >= 0.6 is 0 Å². The first kappa shape index (κ1) is 24.1. The summed E-state index contributed by atoms with van der Waals surface area (Å²) in [6.45, 7) is 6.14. The minimum Gasteiger partial charge on any atom is -0.497 e. The molecule has 3 aromatic rings. The lowest BCUT2D eigenvalue weighted by atomic mass is 10.1. The van der Waals surface area contributed by atoms with Crippen molar-refractivity contribution in [1.82, 2.24) is 4.31 Å². The topological polar surface area (TPSA) is 92.1 Å². The molecule has 9 heteroatoms. The third-order valence-corrected chi connectivity index (χ3v) is 8.29. The van der Waals surface area contributed by atoms with Crippen LogP contribution in [0.1, 0.15) is 32.3 Å². The monoisotopic (exact) mass is 485 g/mol. The van der Waals surface area contributed by atoms with Crippen LogP contribution in [-0.4, -0.2) is 51.9 Å². The Bertz CT molecular complexity index is 1270. The average Bonchev–Trinajstić information content (AvgIpc) is 3.50. The number of rotatable bonds is 9. The highest BCUT2D eigenvalue weighted by Crippen LogP contribution is 2.33. The van der Waals surface area contributed by atoms with E-state index in [2.05, 4.69) is 10.2 Å². The molecule has 2 heterocycles. The van der Waals surface area contributed by atoms with Crippen molar-refractivity contribution in [1.29, 1.82) is 0 Å². The molecule has 0 bridgehead atoms. The maximum absolute atomic E-state index is 13.1. The highest BCUT2D eigenvalue weighted by Gasteiger charge is 2.25. The summed E-state index contributed by atoms with van der Waals surface area (Å²) in [7, 11) is -2.06. The number of anilines is 2. The molecule has 1 fully saturated rings. The first-order chi connectivity index (χ1) is 16.4. The summed E-state index contributed by atoms with van der Waals surface area (Å²) in [5.41, 5.74) is 2.75. The maximum atomic E-state index is 13.1. The van der Waals surface area contributed by atoms with Gasteiger partial charge in [0.05, 0.1) is 36.1 Å².